The van der Waals surface area contributed by atoms with E-state index in [2.05, 4.69) is 10.6 Å². The largest absolute Gasteiger partial charge is 0.384 e. The van der Waals surface area contributed by atoms with Crippen molar-refractivity contribution in [3.8, 4) is 0 Å². The number of piperidine rings is 1. The Morgan fingerprint density at radius 1 is 1.56 bits per heavy atom. The smallest absolute Gasteiger partial charge is 0.249 e. The first kappa shape index (κ1) is 13.8. The predicted octanol–water partition coefficient (Wildman–Crippen LogP) is 0.298. The van der Waals surface area contributed by atoms with Crippen LogP contribution in [0.5, 0.6) is 0 Å². The lowest BCUT2D eigenvalue weighted by Crippen LogP contribution is -2.51. The molecule has 0 aromatic carbocycles. The molecule has 2 aliphatic heterocycles. The summed E-state index contributed by atoms with van der Waals surface area (Å²) in [6.07, 6.45) is 3.84. The molecule has 0 spiro atoms. The number of carbonyl (C=O) groups is 1. The molecule has 2 heterocycles. The molecule has 0 aliphatic carbocycles. The summed E-state index contributed by atoms with van der Waals surface area (Å²) in [5.41, 5.74) is 0.0429. The monoisotopic (exact) mass is 256 g/mol. The van der Waals surface area contributed by atoms with Gasteiger partial charge in [0.1, 0.15) is 6.10 Å². The van der Waals surface area contributed by atoms with Crippen LogP contribution >= 0.6 is 0 Å². The Bertz CT molecular complexity index is 266. The van der Waals surface area contributed by atoms with Crippen LogP contribution < -0.4 is 10.6 Å². The summed E-state index contributed by atoms with van der Waals surface area (Å²) >= 11 is 0. The van der Waals surface area contributed by atoms with Crippen LogP contribution in [0.25, 0.3) is 0 Å². The minimum absolute atomic E-state index is 0.0357. The summed E-state index contributed by atoms with van der Waals surface area (Å²) < 4.78 is 10.7. The summed E-state index contributed by atoms with van der Waals surface area (Å²) in [7, 11) is 1.72. The molecule has 5 nitrogen and oxygen atoms in total. The van der Waals surface area contributed by atoms with Gasteiger partial charge in [-0.1, -0.05) is 0 Å². The Kier molecular flexibility index (Phi) is 4.97. The molecule has 1 unspecified atom stereocenters. The standard InChI is InChI=1S/C13H24N2O3/c1-17-10-13(5-3-6-14-8-13)9-15-12(16)11-4-2-7-18-11/h11,14H,2-10H2,1H3,(H,15,16)/t11-,13?/m0/s1. The molecule has 0 aromatic heterocycles. The Hall–Kier alpha value is -0.650. The summed E-state index contributed by atoms with van der Waals surface area (Å²) in [5.74, 6) is 0.0357. The quantitative estimate of drug-likeness (QED) is 0.742. The third-order valence-electron chi connectivity index (χ3n) is 3.87. The molecular formula is C13H24N2O3. The number of carbonyl (C=O) groups excluding carboxylic acids is 1. The molecular weight excluding hydrogens is 232 g/mol. The SMILES string of the molecule is COCC1(CNC(=O)[C@@H]2CCCO2)CCCNC1. The molecule has 0 aromatic rings. The first-order valence-electron chi connectivity index (χ1n) is 6.85. The molecule has 2 atom stereocenters. The van der Waals surface area contributed by atoms with Gasteiger partial charge < -0.3 is 20.1 Å². The summed E-state index contributed by atoms with van der Waals surface area (Å²) in [6.45, 7) is 4.04. The van der Waals surface area contributed by atoms with Gasteiger partial charge in [-0.3, -0.25) is 4.79 Å². The lowest BCUT2D eigenvalue weighted by molar-refractivity contribution is -0.130. The second-order valence-corrected chi connectivity index (χ2v) is 5.43. The summed E-state index contributed by atoms with van der Waals surface area (Å²) in [5, 5.41) is 6.43. The van der Waals surface area contributed by atoms with E-state index in [0.717, 1.165) is 38.8 Å². The Morgan fingerprint density at radius 2 is 2.44 bits per heavy atom. The Balaban J connectivity index is 1.82. The summed E-state index contributed by atoms with van der Waals surface area (Å²) in [4.78, 5) is 11.9. The van der Waals surface area contributed by atoms with E-state index in [1.165, 1.54) is 0 Å². The van der Waals surface area contributed by atoms with E-state index in [9.17, 15) is 4.79 Å². The van der Waals surface area contributed by atoms with E-state index < -0.39 is 0 Å². The normalized spacial score (nSPS) is 32.4. The summed E-state index contributed by atoms with van der Waals surface area (Å²) in [6, 6.07) is 0. The molecule has 2 N–H and O–H groups in total. The zero-order valence-corrected chi connectivity index (χ0v) is 11.2. The van der Waals surface area contributed by atoms with Crippen molar-refractivity contribution in [2.75, 3.05) is 40.0 Å². The van der Waals surface area contributed by atoms with Gasteiger partial charge in [0.2, 0.25) is 5.91 Å². The lowest BCUT2D eigenvalue weighted by Gasteiger charge is -2.37. The van der Waals surface area contributed by atoms with Crippen LogP contribution in [0, 0.1) is 5.41 Å². The van der Waals surface area contributed by atoms with Gasteiger partial charge in [-0.25, -0.2) is 0 Å². The maximum absolute atomic E-state index is 11.9. The molecule has 5 heteroatoms. The third-order valence-corrected chi connectivity index (χ3v) is 3.87. The highest BCUT2D eigenvalue weighted by molar-refractivity contribution is 5.81. The van der Waals surface area contributed by atoms with Crippen LogP contribution in [0.15, 0.2) is 0 Å². The van der Waals surface area contributed by atoms with E-state index in [0.29, 0.717) is 19.8 Å². The van der Waals surface area contributed by atoms with Crippen molar-refractivity contribution in [3.63, 3.8) is 0 Å². The third kappa shape index (κ3) is 3.43. The fourth-order valence-electron chi connectivity index (χ4n) is 2.83. The van der Waals surface area contributed by atoms with Crippen molar-refractivity contribution >= 4 is 5.91 Å². The van der Waals surface area contributed by atoms with Crippen molar-refractivity contribution in [1.29, 1.82) is 0 Å². The van der Waals surface area contributed by atoms with Crippen LogP contribution in [0.2, 0.25) is 0 Å². The van der Waals surface area contributed by atoms with Crippen LogP contribution in [0.3, 0.4) is 0 Å². The highest BCUT2D eigenvalue weighted by Crippen LogP contribution is 2.26. The molecule has 0 radical (unpaired) electrons. The molecule has 0 saturated carbocycles. The van der Waals surface area contributed by atoms with Crippen molar-refractivity contribution in [2.45, 2.75) is 31.8 Å². The van der Waals surface area contributed by atoms with Gasteiger partial charge in [0.05, 0.1) is 6.61 Å². The molecule has 2 aliphatic rings. The Morgan fingerprint density at radius 3 is 3.06 bits per heavy atom. The van der Waals surface area contributed by atoms with Crippen LogP contribution in [-0.4, -0.2) is 52.0 Å². The van der Waals surface area contributed by atoms with Gasteiger partial charge in [0, 0.05) is 32.2 Å². The van der Waals surface area contributed by atoms with Gasteiger partial charge in [-0.2, -0.15) is 0 Å². The maximum atomic E-state index is 11.9. The molecule has 1 amide bonds. The molecule has 2 rings (SSSR count). The van der Waals surface area contributed by atoms with Crippen LogP contribution in [0.4, 0.5) is 0 Å². The van der Waals surface area contributed by atoms with Gasteiger partial charge in [0.25, 0.3) is 0 Å². The number of ether oxygens (including phenoxy) is 2. The maximum Gasteiger partial charge on any atom is 0.249 e. The van der Waals surface area contributed by atoms with Crippen molar-refractivity contribution in [2.24, 2.45) is 5.41 Å². The van der Waals surface area contributed by atoms with Gasteiger partial charge >= 0.3 is 0 Å². The fraction of sp³-hybridized carbons (Fsp3) is 0.923. The van der Waals surface area contributed by atoms with E-state index in [-0.39, 0.29) is 17.4 Å². The molecule has 2 fully saturated rings. The van der Waals surface area contributed by atoms with E-state index in [1.54, 1.807) is 7.11 Å². The van der Waals surface area contributed by atoms with E-state index in [4.69, 9.17) is 9.47 Å². The number of hydrogen-bond donors (Lipinski definition) is 2. The number of amides is 1. The molecule has 2 saturated heterocycles. The number of methoxy groups -OCH3 is 1. The van der Waals surface area contributed by atoms with Crippen molar-refractivity contribution in [3.05, 3.63) is 0 Å². The topological polar surface area (TPSA) is 59.6 Å². The van der Waals surface area contributed by atoms with Gasteiger partial charge in [-0.15, -0.1) is 0 Å². The Labute approximate surface area is 109 Å². The first-order valence-corrected chi connectivity index (χ1v) is 6.85. The van der Waals surface area contributed by atoms with Crippen LogP contribution in [0.1, 0.15) is 25.7 Å². The highest BCUT2D eigenvalue weighted by atomic mass is 16.5. The second-order valence-electron chi connectivity index (χ2n) is 5.43. The van der Waals surface area contributed by atoms with Gasteiger partial charge in [0.15, 0.2) is 0 Å². The van der Waals surface area contributed by atoms with Crippen molar-refractivity contribution in [1.82, 2.24) is 10.6 Å². The number of rotatable bonds is 5. The molecule has 18 heavy (non-hydrogen) atoms. The fourth-order valence-corrected chi connectivity index (χ4v) is 2.83. The zero-order chi connectivity index (χ0) is 12.8. The minimum Gasteiger partial charge on any atom is -0.384 e. The molecule has 104 valence electrons. The second kappa shape index (κ2) is 6.50. The van der Waals surface area contributed by atoms with Crippen LogP contribution in [-0.2, 0) is 14.3 Å². The highest BCUT2D eigenvalue weighted by Gasteiger charge is 2.33. The van der Waals surface area contributed by atoms with Crippen molar-refractivity contribution < 1.29 is 14.3 Å². The van der Waals surface area contributed by atoms with E-state index >= 15 is 0 Å². The minimum atomic E-state index is -0.235. The number of hydrogen-bond acceptors (Lipinski definition) is 4. The average molecular weight is 256 g/mol. The molecule has 0 bridgehead atoms. The van der Waals surface area contributed by atoms with Gasteiger partial charge in [-0.05, 0) is 32.2 Å². The zero-order valence-electron chi connectivity index (χ0n) is 11.2. The predicted molar refractivity (Wildman–Crippen MR) is 68.4 cm³/mol. The first-order chi connectivity index (χ1) is 8.76. The average Bonchev–Trinajstić information content (AvgIpc) is 2.91. The van der Waals surface area contributed by atoms with E-state index in [1.807, 2.05) is 0 Å². The number of nitrogens with one attached hydrogen (secondary N) is 2. The lowest BCUT2D eigenvalue weighted by atomic mass is 9.81.